The van der Waals surface area contributed by atoms with E-state index < -0.39 is 12.0 Å². The lowest BCUT2D eigenvalue weighted by Crippen LogP contribution is -2.44. The summed E-state index contributed by atoms with van der Waals surface area (Å²) in [5.41, 5.74) is 1.98. The molecule has 1 amide bonds. The Labute approximate surface area is 170 Å². The van der Waals surface area contributed by atoms with Crippen LogP contribution in [0.4, 0.5) is 5.95 Å². The van der Waals surface area contributed by atoms with Gasteiger partial charge in [-0.25, -0.2) is 9.48 Å². The van der Waals surface area contributed by atoms with E-state index in [0.717, 1.165) is 12.0 Å². The van der Waals surface area contributed by atoms with Crippen LogP contribution in [0.1, 0.15) is 45.7 Å². The molecule has 1 aliphatic rings. The molecule has 2 atom stereocenters. The lowest BCUT2D eigenvalue weighted by molar-refractivity contribution is -0.139. The van der Waals surface area contributed by atoms with Gasteiger partial charge in [0, 0.05) is 11.7 Å². The van der Waals surface area contributed by atoms with Gasteiger partial charge in [0.1, 0.15) is 18.9 Å². The van der Waals surface area contributed by atoms with E-state index in [4.69, 9.17) is 4.74 Å². The van der Waals surface area contributed by atoms with Gasteiger partial charge in [-0.3, -0.25) is 4.79 Å². The zero-order valence-electron chi connectivity index (χ0n) is 17.3. The molecule has 1 aromatic heterocycles. The van der Waals surface area contributed by atoms with E-state index >= 15 is 0 Å². The molecule has 8 heteroatoms. The SMILES string of the molecule is CCOC(=O)C1=C(C)N(CC(=O)N[C@@H](C)CC)c2ncnn2[C@@H]1c1ccccc1. The lowest BCUT2D eigenvalue weighted by Gasteiger charge is -2.35. The van der Waals surface area contributed by atoms with Gasteiger partial charge < -0.3 is 15.0 Å². The zero-order chi connectivity index (χ0) is 21.0. The minimum absolute atomic E-state index is 0.0410. The molecule has 0 fully saturated rings. The van der Waals surface area contributed by atoms with Crippen molar-refractivity contribution in [3.05, 3.63) is 53.5 Å². The van der Waals surface area contributed by atoms with Crippen LogP contribution < -0.4 is 10.2 Å². The van der Waals surface area contributed by atoms with Crippen molar-refractivity contribution >= 4 is 17.8 Å². The Balaban J connectivity index is 2.06. The van der Waals surface area contributed by atoms with Gasteiger partial charge in [0.15, 0.2) is 0 Å². The van der Waals surface area contributed by atoms with Crippen molar-refractivity contribution in [2.45, 2.75) is 46.2 Å². The van der Waals surface area contributed by atoms with Crippen LogP contribution >= 0.6 is 0 Å². The Morgan fingerprint density at radius 1 is 1.24 bits per heavy atom. The van der Waals surface area contributed by atoms with Crippen LogP contribution in [-0.2, 0) is 14.3 Å². The van der Waals surface area contributed by atoms with E-state index in [1.165, 1.54) is 6.33 Å². The minimum atomic E-state index is -0.471. The van der Waals surface area contributed by atoms with Crippen LogP contribution in [0.15, 0.2) is 47.9 Å². The van der Waals surface area contributed by atoms with E-state index in [2.05, 4.69) is 15.4 Å². The van der Waals surface area contributed by atoms with Gasteiger partial charge in [-0.05, 0) is 32.8 Å². The molecule has 0 saturated heterocycles. The quantitative estimate of drug-likeness (QED) is 0.722. The van der Waals surface area contributed by atoms with Crippen molar-refractivity contribution in [2.24, 2.45) is 0 Å². The van der Waals surface area contributed by atoms with Crippen molar-refractivity contribution < 1.29 is 14.3 Å². The van der Waals surface area contributed by atoms with Crippen molar-refractivity contribution in [1.29, 1.82) is 0 Å². The smallest absolute Gasteiger partial charge is 0.338 e. The topological polar surface area (TPSA) is 89.3 Å². The average Bonchev–Trinajstić information content (AvgIpc) is 3.19. The number of fused-ring (bicyclic) bond motifs is 1. The van der Waals surface area contributed by atoms with E-state index in [1.54, 1.807) is 16.5 Å². The lowest BCUT2D eigenvalue weighted by atomic mass is 9.95. The molecule has 0 spiro atoms. The fraction of sp³-hybridized carbons (Fsp3) is 0.429. The molecule has 3 rings (SSSR count). The first-order valence-electron chi connectivity index (χ1n) is 9.87. The molecular weight excluding hydrogens is 370 g/mol. The zero-order valence-corrected chi connectivity index (χ0v) is 17.3. The maximum Gasteiger partial charge on any atom is 0.338 e. The number of carbonyl (C=O) groups is 2. The predicted octanol–water partition coefficient (Wildman–Crippen LogP) is 2.44. The molecule has 2 heterocycles. The van der Waals surface area contributed by atoms with Crippen LogP contribution in [0, 0.1) is 0 Å². The Hall–Kier alpha value is -3.16. The molecule has 0 radical (unpaired) electrons. The number of allylic oxidation sites excluding steroid dienone is 1. The van der Waals surface area contributed by atoms with E-state index in [-0.39, 0.29) is 25.1 Å². The molecule has 0 unspecified atom stereocenters. The number of aromatic nitrogens is 3. The summed E-state index contributed by atoms with van der Waals surface area (Å²) in [4.78, 5) is 31.6. The summed E-state index contributed by atoms with van der Waals surface area (Å²) in [6.07, 6.45) is 2.27. The maximum absolute atomic E-state index is 12.9. The molecule has 8 nitrogen and oxygen atoms in total. The second kappa shape index (κ2) is 8.89. The standard InChI is InChI=1S/C21H27N5O3/c1-5-14(3)24-17(27)12-25-15(4)18(20(28)29-6-2)19(16-10-8-7-9-11-16)26-21(25)22-13-23-26/h7-11,13-14,19H,5-6,12H2,1-4H3,(H,24,27)/t14-,19+/m0/s1. The molecule has 154 valence electrons. The van der Waals surface area contributed by atoms with E-state index in [1.807, 2.05) is 51.1 Å². The summed E-state index contributed by atoms with van der Waals surface area (Å²) in [7, 11) is 0. The number of rotatable bonds is 7. The Kier molecular flexibility index (Phi) is 6.31. The first kappa shape index (κ1) is 20.6. The average molecular weight is 397 g/mol. The fourth-order valence-corrected chi connectivity index (χ4v) is 3.40. The molecule has 1 N–H and O–H groups in total. The monoisotopic (exact) mass is 397 g/mol. The number of hydrogen-bond acceptors (Lipinski definition) is 6. The molecule has 0 bridgehead atoms. The predicted molar refractivity (Wildman–Crippen MR) is 109 cm³/mol. The Morgan fingerprint density at radius 2 is 1.97 bits per heavy atom. The van der Waals surface area contributed by atoms with Crippen molar-refractivity contribution in [3.8, 4) is 0 Å². The number of ether oxygens (including phenoxy) is 1. The van der Waals surface area contributed by atoms with Gasteiger partial charge in [0.2, 0.25) is 11.9 Å². The van der Waals surface area contributed by atoms with Crippen molar-refractivity contribution in [1.82, 2.24) is 20.1 Å². The Morgan fingerprint density at radius 3 is 2.62 bits per heavy atom. The fourth-order valence-electron chi connectivity index (χ4n) is 3.40. The minimum Gasteiger partial charge on any atom is -0.463 e. The second-order valence-corrected chi connectivity index (χ2v) is 7.00. The molecular formula is C21H27N5O3. The highest BCUT2D eigenvalue weighted by Crippen LogP contribution is 2.38. The number of carbonyl (C=O) groups excluding carboxylic acids is 2. The summed E-state index contributed by atoms with van der Waals surface area (Å²) >= 11 is 0. The summed E-state index contributed by atoms with van der Waals surface area (Å²) in [5, 5.41) is 7.32. The highest BCUT2D eigenvalue weighted by Gasteiger charge is 2.38. The van der Waals surface area contributed by atoms with E-state index in [9.17, 15) is 9.59 Å². The van der Waals surface area contributed by atoms with Gasteiger partial charge in [0.25, 0.3) is 0 Å². The van der Waals surface area contributed by atoms with Crippen LogP contribution in [0.3, 0.4) is 0 Å². The number of nitrogens with zero attached hydrogens (tertiary/aromatic N) is 4. The highest BCUT2D eigenvalue weighted by atomic mass is 16.5. The largest absolute Gasteiger partial charge is 0.463 e. The highest BCUT2D eigenvalue weighted by molar-refractivity contribution is 5.93. The van der Waals surface area contributed by atoms with Crippen LogP contribution in [0.5, 0.6) is 0 Å². The van der Waals surface area contributed by atoms with Gasteiger partial charge in [-0.2, -0.15) is 10.1 Å². The first-order chi connectivity index (χ1) is 14.0. The molecule has 1 aliphatic heterocycles. The van der Waals surface area contributed by atoms with Crippen LogP contribution in [0.25, 0.3) is 0 Å². The number of esters is 1. The van der Waals surface area contributed by atoms with Crippen LogP contribution in [0.2, 0.25) is 0 Å². The number of hydrogen-bond donors (Lipinski definition) is 1. The third kappa shape index (κ3) is 4.16. The van der Waals surface area contributed by atoms with Crippen molar-refractivity contribution in [2.75, 3.05) is 18.1 Å². The molecule has 0 aliphatic carbocycles. The molecule has 29 heavy (non-hydrogen) atoms. The van der Waals surface area contributed by atoms with Gasteiger partial charge in [0.05, 0.1) is 12.2 Å². The van der Waals surface area contributed by atoms with E-state index in [0.29, 0.717) is 17.2 Å². The van der Waals surface area contributed by atoms with Gasteiger partial charge >= 0.3 is 5.97 Å². The summed E-state index contributed by atoms with van der Waals surface area (Å²) < 4.78 is 7.02. The molecule has 1 aromatic carbocycles. The summed E-state index contributed by atoms with van der Waals surface area (Å²) in [6.45, 7) is 7.85. The number of anilines is 1. The third-order valence-corrected chi connectivity index (χ3v) is 5.04. The number of amides is 1. The number of benzene rings is 1. The molecule has 0 saturated carbocycles. The summed E-state index contributed by atoms with van der Waals surface area (Å²) in [5.74, 6) is -0.0503. The summed E-state index contributed by atoms with van der Waals surface area (Å²) in [6, 6.07) is 9.21. The third-order valence-electron chi connectivity index (χ3n) is 5.04. The molecule has 2 aromatic rings. The number of nitrogens with one attached hydrogen (secondary N) is 1. The Bertz CT molecular complexity index is 906. The van der Waals surface area contributed by atoms with Crippen LogP contribution in [-0.4, -0.2) is 45.8 Å². The normalized spacial score (nSPS) is 17.0. The second-order valence-electron chi connectivity index (χ2n) is 7.00. The first-order valence-corrected chi connectivity index (χ1v) is 9.87. The van der Waals surface area contributed by atoms with Gasteiger partial charge in [-0.15, -0.1) is 0 Å². The maximum atomic E-state index is 12.9. The van der Waals surface area contributed by atoms with Crippen molar-refractivity contribution in [3.63, 3.8) is 0 Å². The van der Waals surface area contributed by atoms with Gasteiger partial charge in [-0.1, -0.05) is 37.3 Å².